The van der Waals surface area contributed by atoms with Crippen LogP contribution in [0.4, 0.5) is 0 Å². The van der Waals surface area contributed by atoms with E-state index < -0.39 is 0 Å². The maximum absolute atomic E-state index is 9.55. The molecule has 1 unspecified atom stereocenters. The maximum Gasteiger partial charge on any atom is 0.0969 e. The fourth-order valence-corrected chi connectivity index (χ4v) is 2.83. The van der Waals surface area contributed by atoms with Crippen LogP contribution in [-0.4, -0.2) is 32.5 Å². The summed E-state index contributed by atoms with van der Waals surface area (Å²) in [6, 6.07) is 3.95. The largest absolute Gasteiger partial charge is 0.393 e. The number of nitrogens with one attached hydrogen (secondary N) is 1. The average molecular weight is 302 g/mol. The van der Waals surface area contributed by atoms with Crippen LogP contribution < -0.4 is 5.32 Å². The third-order valence-corrected chi connectivity index (χ3v) is 3.63. The van der Waals surface area contributed by atoms with Crippen molar-refractivity contribution in [3.8, 4) is 11.3 Å². The van der Waals surface area contributed by atoms with Gasteiger partial charge in [0.1, 0.15) is 0 Å². The summed E-state index contributed by atoms with van der Waals surface area (Å²) in [6.07, 6.45) is 6.12. The molecule has 22 heavy (non-hydrogen) atoms. The van der Waals surface area contributed by atoms with E-state index >= 15 is 0 Å². The van der Waals surface area contributed by atoms with Gasteiger partial charge in [-0.3, -0.25) is 9.67 Å². The Morgan fingerprint density at radius 3 is 2.64 bits per heavy atom. The molecule has 0 spiro atoms. The van der Waals surface area contributed by atoms with Gasteiger partial charge in [0.05, 0.1) is 11.8 Å². The molecule has 5 heteroatoms. The molecule has 0 aliphatic carbocycles. The molecule has 2 aromatic heterocycles. The molecule has 2 N–H and O–H groups in total. The van der Waals surface area contributed by atoms with Gasteiger partial charge in [-0.05, 0) is 30.9 Å². The summed E-state index contributed by atoms with van der Waals surface area (Å²) in [6.45, 7) is 7.78. The van der Waals surface area contributed by atoms with Crippen molar-refractivity contribution < 1.29 is 5.11 Å². The lowest BCUT2D eigenvalue weighted by molar-refractivity contribution is 0.128. The molecule has 0 bridgehead atoms. The second-order valence-corrected chi connectivity index (χ2v) is 6.73. The molecule has 0 radical (unpaired) electrons. The van der Waals surface area contributed by atoms with Crippen LogP contribution in [-0.2, 0) is 13.6 Å². The van der Waals surface area contributed by atoms with Gasteiger partial charge in [-0.1, -0.05) is 13.8 Å². The summed E-state index contributed by atoms with van der Waals surface area (Å²) in [5.74, 6) is 0. The molecular formula is C17H26N4O. The van der Waals surface area contributed by atoms with Crippen LogP contribution in [0, 0.1) is 5.41 Å². The number of aliphatic hydroxyl groups excluding tert-OH is 1. The monoisotopic (exact) mass is 302 g/mol. The molecule has 5 nitrogen and oxygen atoms in total. The topological polar surface area (TPSA) is 63.0 Å². The van der Waals surface area contributed by atoms with E-state index in [2.05, 4.69) is 29.2 Å². The number of nitrogens with zero attached hydrogens (tertiary/aromatic N) is 3. The third-order valence-electron chi connectivity index (χ3n) is 3.63. The molecule has 2 rings (SSSR count). The van der Waals surface area contributed by atoms with E-state index in [9.17, 15) is 5.11 Å². The number of rotatable bonds is 7. The molecule has 0 aromatic carbocycles. The highest BCUT2D eigenvalue weighted by molar-refractivity contribution is 5.61. The molecule has 0 saturated heterocycles. The zero-order chi connectivity index (χ0) is 16.2. The van der Waals surface area contributed by atoms with Gasteiger partial charge in [0.2, 0.25) is 0 Å². The van der Waals surface area contributed by atoms with E-state index in [4.69, 9.17) is 0 Å². The Morgan fingerprint density at radius 1 is 1.32 bits per heavy atom. The first-order chi connectivity index (χ1) is 10.4. The van der Waals surface area contributed by atoms with E-state index in [1.807, 2.05) is 37.0 Å². The second kappa shape index (κ2) is 7.03. The van der Waals surface area contributed by atoms with Crippen LogP contribution in [0.25, 0.3) is 11.3 Å². The van der Waals surface area contributed by atoms with Crippen molar-refractivity contribution in [2.75, 3.05) is 6.54 Å². The van der Waals surface area contributed by atoms with Crippen molar-refractivity contribution in [2.45, 2.75) is 39.8 Å². The Hall–Kier alpha value is -1.72. The molecule has 120 valence electrons. The second-order valence-electron chi connectivity index (χ2n) is 6.73. The van der Waals surface area contributed by atoms with E-state index in [-0.39, 0.29) is 11.5 Å². The van der Waals surface area contributed by atoms with Gasteiger partial charge in [-0.25, -0.2) is 0 Å². The Kier molecular flexibility index (Phi) is 5.32. The molecule has 0 fully saturated rings. The first kappa shape index (κ1) is 16.6. The highest BCUT2D eigenvalue weighted by Crippen LogP contribution is 2.23. The summed E-state index contributed by atoms with van der Waals surface area (Å²) in [4.78, 5) is 4.06. The van der Waals surface area contributed by atoms with Gasteiger partial charge in [0, 0.05) is 49.9 Å². The van der Waals surface area contributed by atoms with Gasteiger partial charge in [0.15, 0.2) is 0 Å². The van der Waals surface area contributed by atoms with E-state index in [0.29, 0.717) is 0 Å². The average Bonchev–Trinajstić information content (AvgIpc) is 2.79. The molecular weight excluding hydrogens is 276 g/mol. The first-order valence-electron chi connectivity index (χ1n) is 7.69. The van der Waals surface area contributed by atoms with E-state index in [1.54, 1.807) is 12.4 Å². The smallest absolute Gasteiger partial charge is 0.0969 e. The lowest BCUT2D eigenvalue weighted by Gasteiger charge is -2.26. The van der Waals surface area contributed by atoms with Crippen LogP contribution in [0.15, 0.2) is 30.7 Å². The number of aryl methyl sites for hydroxylation is 1. The van der Waals surface area contributed by atoms with Gasteiger partial charge < -0.3 is 10.4 Å². The highest BCUT2D eigenvalue weighted by Gasteiger charge is 2.20. The minimum absolute atomic E-state index is 0.0627. The van der Waals surface area contributed by atoms with Crippen molar-refractivity contribution in [2.24, 2.45) is 12.5 Å². The number of hydrogen-bond acceptors (Lipinski definition) is 4. The van der Waals surface area contributed by atoms with Gasteiger partial charge in [-0.15, -0.1) is 0 Å². The Bertz CT molecular complexity index is 590. The van der Waals surface area contributed by atoms with Gasteiger partial charge in [-0.2, -0.15) is 5.10 Å². The van der Waals surface area contributed by atoms with Crippen molar-refractivity contribution in [1.82, 2.24) is 20.1 Å². The van der Waals surface area contributed by atoms with Crippen LogP contribution in [0.3, 0.4) is 0 Å². The molecule has 0 aliphatic rings. The van der Waals surface area contributed by atoms with Crippen LogP contribution in [0.2, 0.25) is 0 Å². The molecule has 0 saturated carbocycles. The lowest BCUT2D eigenvalue weighted by atomic mass is 9.87. The number of pyridine rings is 1. The summed E-state index contributed by atoms with van der Waals surface area (Å²) in [5.41, 5.74) is 3.30. The predicted molar refractivity (Wildman–Crippen MR) is 88.2 cm³/mol. The minimum atomic E-state index is -0.275. The van der Waals surface area contributed by atoms with E-state index in [1.165, 1.54) is 5.56 Å². The standard InChI is InChI=1S/C17H26N4O/c1-13(22)9-17(2,3)12-19-10-15-11-21(4)20-16(15)14-5-7-18-8-6-14/h5-8,11,13,19,22H,9-10,12H2,1-4H3. The van der Waals surface area contributed by atoms with Crippen LogP contribution >= 0.6 is 0 Å². The quantitative estimate of drug-likeness (QED) is 0.824. The fourth-order valence-electron chi connectivity index (χ4n) is 2.83. The van der Waals surface area contributed by atoms with Crippen LogP contribution in [0.5, 0.6) is 0 Å². The number of aliphatic hydroxyl groups is 1. The zero-order valence-corrected chi connectivity index (χ0v) is 13.9. The lowest BCUT2D eigenvalue weighted by Crippen LogP contribution is -2.31. The first-order valence-corrected chi connectivity index (χ1v) is 7.69. The Balaban J connectivity index is 2.02. The van der Waals surface area contributed by atoms with E-state index in [0.717, 1.165) is 30.8 Å². The predicted octanol–water partition coefficient (Wildman–Crippen LogP) is 2.37. The summed E-state index contributed by atoms with van der Waals surface area (Å²) < 4.78 is 1.84. The molecule has 2 aromatic rings. The fraction of sp³-hybridized carbons (Fsp3) is 0.529. The van der Waals surface area contributed by atoms with Crippen LogP contribution in [0.1, 0.15) is 32.8 Å². The molecule has 0 amide bonds. The van der Waals surface area contributed by atoms with Crippen molar-refractivity contribution in [3.05, 3.63) is 36.3 Å². The molecule has 2 heterocycles. The zero-order valence-electron chi connectivity index (χ0n) is 13.9. The Morgan fingerprint density at radius 2 is 2.00 bits per heavy atom. The summed E-state index contributed by atoms with van der Waals surface area (Å²) in [7, 11) is 1.94. The van der Waals surface area contributed by atoms with Gasteiger partial charge in [0.25, 0.3) is 0 Å². The minimum Gasteiger partial charge on any atom is -0.393 e. The van der Waals surface area contributed by atoms with Gasteiger partial charge >= 0.3 is 0 Å². The van der Waals surface area contributed by atoms with Crippen molar-refractivity contribution in [1.29, 1.82) is 0 Å². The highest BCUT2D eigenvalue weighted by atomic mass is 16.3. The maximum atomic E-state index is 9.55. The summed E-state index contributed by atoms with van der Waals surface area (Å²) >= 11 is 0. The summed E-state index contributed by atoms with van der Waals surface area (Å²) in [5, 5.41) is 17.6. The normalized spacial score (nSPS) is 13.3. The molecule has 0 aliphatic heterocycles. The van der Waals surface area contributed by atoms with Crippen molar-refractivity contribution >= 4 is 0 Å². The third kappa shape index (κ3) is 4.64. The molecule has 1 atom stereocenters. The SMILES string of the molecule is CC(O)CC(C)(C)CNCc1cn(C)nc1-c1ccncc1. The number of aromatic nitrogens is 3. The number of hydrogen-bond donors (Lipinski definition) is 2. The van der Waals surface area contributed by atoms with Crippen molar-refractivity contribution in [3.63, 3.8) is 0 Å². The Labute approximate surface area is 132 Å².